The number of carbonyl (C=O) groups excluding carboxylic acids is 1. The molecule has 1 aliphatic heterocycles. The van der Waals surface area contributed by atoms with Crippen LogP contribution in [0.1, 0.15) is 50.6 Å². The molecule has 1 amide bonds. The Bertz CT molecular complexity index is 1070. The van der Waals surface area contributed by atoms with E-state index in [4.69, 9.17) is 0 Å². The summed E-state index contributed by atoms with van der Waals surface area (Å²) in [5, 5.41) is 11.7. The van der Waals surface area contributed by atoms with Gasteiger partial charge in [0.25, 0.3) is 0 Å². The van der Waals surface area contributed by atoms with E-state index in [1.807, 2.05) is 32.9 Å². The quantitative estimate of drug-likeness (QED) is 0.703. The van der Waals surface area contributed by atoms with E-state index >= 15 is 0 Å². The number of fused-ring (bicyclic) bond motifs is 1. The van der Waals surface area contributed by atoms with Gasteiger partial charge in [0.05, 0.1) is 4.90 Å². The van der Waals surface area contributed by atoms with Gasteiger partial charge in [-0.1, -0.05) is 26.8 Å². The van der Waals surface area contributed by atoms with E-state index in [1.54, 1.807) is 11.0 Å². The maximum Gasteiger partial charge on any atom is 0.244 e. The van der Waals surface area contributed by atoms with Gasteiger partial charge in [0, 0.05) is 31.6 Å². The van der Waals surface area contributed by atoms with Crippen LogP contribution in [0.25, 0.3) is 0 Å². The summed E-state index contributed by atoms with van der Waals surface area (Å²) in [4.78, 5) is 14.8. The molecule has 2 aromatic rings. The first-order chi connectivity index (χ1) is 14.7. The highest BCUT2D eigenvalue weighted by Gasteiger charge is 2.31. The molecule has 0 atom stereocenters. The van der Waals surface area contributed by atoms with E-state index in [2.05, 4.69) is 15.5 Å². The molecular formula is C21H30N6O3S. The molecule has 4 rings (SSSR count). The van der Waals surface area contributed by atoms with Crippen molar-refractivity contribution in [1.29, 1.82) is 0 Å². The zero-order chi connectivity index (χ0) is 22.2. The van der Waals surface area contributed by atoms with Crippen LogP contribution in [0.2, 0.25) is 0 Å². The second-order valence-corrected chi connectivity index (χ2v) is 11.3. The largest absolute Gasteiger partial charge is 0.338 e. The molecule has 10 heteroatoms. The third-order valence-electron chi connectivity index (χ3n) is 6.04. The summed E-state index contributed by atoms with van der Waals surface area (Å²) < 4.78 is 29.3. The molecule has 168 valence electrons. The highest BCUT2D eigenvalue weighted by molar-refractivity contribution is 7.89. The van der Waals surface area contributed by atoms with Crippen molar-refractivity contribution in [2.45, 2.75) is 63.3 Å². The van der Waals surface area contributed by atoms with Crippen molar-refractivity contribution in [3.8, 4) is 0 Å². The van der Waals surface area contributed by atoms with Gasteiger partial charge in [0.15, 0.2) is 5.82 Å². The fourth-order valence-electron chi connectivity index (χ4n) is 4.27. The number of hydrogen-bond acceptors (Lipinski definition) is 6. The Kier molecular flexibility index (Phi) is 5.87. The highest BCUT2D eigenvalue weighted by atomic mass is 32.2. The Morgan fingerprint density at radius 1 is 1.03 bits per heavy atom. The summed E-state index contributed by atoms with van der Waals surface area (Å²) >= 11 is 0. The van der Waals surface area contributed by atoms with Gasteiger partial charge >= 0.3 is 0 Å². The molecule has 0 N–H and O–H groups in total. The fourth-order valence-corrected chi connectivity index (χ4v) is 5.75. The van der Waals surface area contributed by atoms with E-state index in [-0.39, 0.29) is 31.0 Å². The number of carbonyl (C=O) groups is 1. The maximum atomic E-state index is 13.2. The van der Waals surface area contributed by atoms with Gasteiger partial charge in [-0.25, -0.2) is 13.1 Å². The van der Waals surface area contributed by atoms with Crippen LogP contribution >= 0.6 is 0 Å². The first kappa shape index (κ1) is 21.9. The molecule has 31 heavy (non-hydrogen) atoms. The Balaban J connectivity index is 1.40. The highest BCUT2D eigenvalue weighted by Crippen LogP contribution is 2.26. The van der Waals surface area contributed by atoms with Crippen molar-refractivity contribution in [2.24, 2.45) is 0 Å². The third kappa shape index (κ3) is 4.50. The number of rotatable bonds is 4. The molecule has 0 unspecified atom stereocenters. The van der Waals surface area contributed by atoms with Crippen LogP contribution in [-0.2, 0) is 39.6 Å². The predicted molar refractivity (Wildman–Crippen MR) is 115 cm³/mol. The van der Waals surface area contributed by atoms with Crippen LogP contribution in [0.3, 0.4) is 0 Å². The number of tetrazole rings is 1. The second-order valence-electron chi connectivity index (χ2n) is 9.33. The summed E-state index contributed by atoms with van der Waals surface area (Å²) in [6, 6.07) is 5.52. The predicted octanol–water partition coefficient (Wildman–Crippen LogP) is 1.38. The van der Waals surface area contributed by atoms with Gasteiger partial charge in [-0.3, -0.25) is 4.79 Å². The first-order valence-electron chi connectivity index (χ1n) is 10.8. The molecule has 0 bridgehead atoms. The molecule has 0 spiro atoms. The van der Waals surface area contributed by atoms with Gasteiger partial charge in [0.1, 0.15) is 6.54 Å². The number of aromatic nitrogens is 4. The summed E-state index contributed by atoms with van der Waals surface area (Å²) in [6.45, 7) is 7.31. The van der Waals surface area contributed by atoms with Gasteiger partial charge in [0.2, 0.25) is 15.9 Å². The minimum Gasteiger partial charge on any atom is -0.338 e. The average molecular weight is 447 g/mol. The zero-order valence-electron chi connectivity index (χ0n) is 18.4. The van der Waals surface area contributed by atoms with Crippen LogP contribution in [0.5, 0.6) is 0 Å². The van der Waals surface area contributed by atoms with Gasteiger partial charge in [-0.05, 0) is 59.4 Å². The number of benzene rings is 1. The number of piperazine rings is 1. The van der Waals surface area contributed by atoms with Crippen LogP contribution in [-0.4, -0.2) is 69.9 Å². The van der Waals surface area contributed by atoms with Gasteiger partial charge in [-0.15, -0.1) is 5.10 Å². The standard InChI is InChI=1S/C21H30N6O3S/c1-21(2,3)20-22-23-24-27(20)15-19(28)25-10-12-26(13-11-25)31(29,30)18-9-8-16-6-4-5-7-17(16)14-18/h8-9,14H,4-7,10-13,15H2,1-3H3. The topological polar surface area (TPSA) is 101 Å². The van der Waals surface area contributed by atoms with Gasteiger partial charge < -0.3 is 4.90 Å². The monoisotopic (exact) mass is 446 g/mol. The molecule has 1 saturated heterocycles. The molecule has 1 aliphatic carbocycles. The Morgan fingerprint density at radius 3 is 2.39 bits per heavy atom. The normalized spacial score (nSPS) is 18.1. The van der Waals surface area contributed by atoms with E-state index in [9.17, 15) is 13.2 Å². The lowest BCUT2D eigenvalue weighted by molar-refractivity contribution is -0.133. The average Bonchev–Trinajstić information content (AvgIpc) is 3.22. The lowest BCUT2D eigenvalue weighted by atomic mass is 9.92. The first-order valence-corrected chi connectivity index (χ1v) is 12.3. The van der Waals surface area contributed by atoms with Crippen LogP contribution in [0, 0.1) is 0 Å². The second kappa shape index (κ2) is 8.31. The summed E-state index contributed by atoms with van der Waals surface area (Å²) in [5.41, 5.74) is 2.14. The van der Waals surface area contributed by atoms with E-state index in [0.717, 1.165) is 31.2 Å². The minimum atomic E-state index is -3.56. The molecule has 2 heterocycles. The number of hydrogen-bond donors (Lipinski definition) is 0. The molecule has 1 aromatic carbocycles. The molecule has 0 saturated carbocycles. The van der Waals surface area contributed by atoms with Crippen LogP contribution < -0.4 is 0 Å². The van der Waals surface area contributed by atoms with E-state index in [1.165, 1.54) is 14.6 Å². The molecule has 1 aromatic heterocycles. The molecular weight excluding hydrogens is 416 g/mol. The number of aryl methyl sites for hydroxylation is 2. The van der Waals surface area contributed by atoms with Gasteiger partial charge in [-0.2, -0.15) is 4.31 Å². The summed E-state index contributed by atoms with van der Waals surface area (Å²) in [7, 11) is -3.56. The Labute approximate surface area is 183 Å². The van der Waals surface area contributed by atoms with Crippen molar-refractivity contribution in [2.75, 3.05) is 26.2 Å². The SMILES string of the molecule is CC(C)(C)c1nnnn1CC(=O)N1CCN(S(=O)(=O)c2ccc3c(c2)CCCC3)CC1. The number of sulfonamides is 1. The maximum absolute atomic E-state index is 13.2. The number of nitrogens with zero attached hydrogens (tertiary/aromatic N) is 6. The van der Waals surface area contributed by atoms with Crippen molar-refractivity contribution < 1.29 is 13.2 Å². The van der Waals surface area contributed by atoms with E-state index < -0.39 is 10.0 Å². The third-order valence-corrected chi connectivity index (χ3v) is 7.93. The van der Waals surface area contributed by atoms with Crippen molar-refractivity contribution in [3.05, 3.63) is 35.2 Å². The summed E-state index contributed by atoms with van der Waals surface area (Å²) in [5.74, 6) is 0.540. The van der Waals surface area contributed by atoms with Crippen molar-refractivity contribution in [1.82, 2.24) is 29.4 Å². The smallest absolute Gasteiger partial charge is 0.244 e. The van der Waals surface area contributed by atoms with Crippen LogP contribution in [0.4, 0.5) is 0 Å². The van der Waals surface area contributed by atoms with E-state index in [0.29, 0.717) is 23.8 Å². The van der Waals surface area contributed by atoms with Crippen molar-refractivity contribution in [3.63, 3.8) is 0 Å². The molecule has 9 nitrogen and oxygen atoms in total. The number of amides is 1. The lowest BCUT2D eigenvalue weighted by Crippen LogP contribution is -2.51. The van der Waals surface area contributed by atoms with Crippen molar-refractivity contribution >= 4 is 15.9 Å². The Morgan fingerprint density at radius 2 is 1.71 bits per heavy atom. The van der Waals surface area contributed by atoms with Crippen LogP contribution in [0.15, 0.2) is 23.1 Å². The minimum absolute atomic E-state index is 0.0528. The zero-order valence-corrected chi connectivity index (χ0v) is 19.2. The molecule has 0 radical (unpaired) electrons. The molecule has 2 aliphatic rings. The Hall–Kier alpha value is -2.33. The summed E-state index contributed by atoms with van der Waals surface area (Å²) in [6.07, 6.45) is 4.23. The molecule has 1 fully saturated rings. The fraction of sp³-hybridized carbons (Fsp3) is 0.619. The lowest BCUT2D eigenvalue weighted by Gasteiger charge is -2.34.